The third-order valence-corrected chi connectivity index (χ3v) is 4.93. The molecule has 2 aliphatic rings. The minimum atomic E-state index is -0.566. The first-order chi connectivity index (χ1) is 7.61. The van der Waals surface area contributed by atoms with Gasteiger partial charge in [-0.2, -0.15) is 0 Å². The van der Waals surface area contributed by atoms with Gasteiger partial charge < -0.3 is 9.84 Å². The van der Waals surface area contributed by atoms with Gasteiger partial charge >= 0.3 is 5.97 Å². The molecule has 4 atom stereocenters. The minimum absolute atomic E-state index is 0.236. The molecular weight excluding hydrogens is 204 g/mol. The summed E-state index contributed by atoms with van der Waals surface area (Å²) in [5.41, 5.74) is -0.443. The van der Waals surface area contributed by atoms with Crippen LogP contribution < -0.4 is 0 Å². The Kier molecular flexibility index (Phi) is 3.24. The first kappa shape index (κ1) is 11.9. The van der Waals surface area contributed by atoms with Crippen molar-refractivity contribution in [3.05, 3.63) is 0 Å². The molecule has 3 heteroatoms. The summed E-state index contributed by atoms with van der Waals surface area (Å²) in [4.78, 5) is 11.7. The molecule has 3 nitrogen and oxygen atoms in total. The van der Waals surface area contributed by atoms with Crippen LogP contribution in [0, 0.1) is 23.2 Å². The highest BCUT2D eigenvalue weighted by Gasteiger charge is 2.58. The van der Waals surface area contributed by atoms with E-state index in [9.17, 15) is 9.90 Å². The number of carboxylic acids is 1. The Morgan fingerprint density at radius 1 is 1.56 bits per heavy atom. The number of carbonyl (C=O) groups is 1. The molecule has 0 radical (unpaired) electrons. The van der Waals surface area contributed by atoms with Gasteiger partial charge in [-0.1, -0.05) is 13.3 Å². The fraction of sp³-hybridized carbons (Fsp3) is 0.923. The average molecular weight is 226 g/mol. The molecule has 0 aromatic heterocycles. The molecule has 0 amide bonds. The first-order valence-electron chi connectivity index (χ1n) is 6.33. The normalized spacial score (nSPS) is 38.9. The number of fused-ring (bicyclic) bond motifs is 2. The average Bonchev–Trinajstić information content (AvgIpc) is 2.85. The van der Waals surface area contributed by atoms with Crippen molar-refractivity contribution < 1.29 is 14.6 Å². The monoisotopic (exact) mass is 226 g/mol. The topological polar surface area (TPSA) is 46.5 Å². The van der Waals surface area contributed by atoms with Gasteiger partial charge in [-0.25, -0.2) is 0 Å². The van der Waals surface area contributed by atoms with Gasteiger partial charge in [0.05, 0.1) is 5.41 Å². The van der Waals surface area contributed by atoms with Gasteiger partial charge in [0.2, 0.25) is 0 Å². The predicted molar refractivity (Wildman–Crippen MR) is 61.2 cm³/mol. The van der Waals surface area contributed by atoms with E-state index in [1.807, 2.05) is 0 Å². The van der Waals surface area contributed by atoms with Crippen LogP contribution in [-0.4, -0.2) is 24.8 Å². The number of carboxylic acid groups (broad SMARTS) is 1. The zero-order valence-corrected chi connectivity index (χ0v) is 10.2. The second-order valence-electron chi connectivity index (χ2n) is 5.61. The molecule has 0 aromatic carbocycles. The lowest BCUT2D eigenvalue weighted by atomic mass is 9.64. The molecule has 0 spiro atoms. The Bertz CT molecular complexity index is 276. The summed E-state index contributed by atoms with van der Waals surface area (Å²) in [5.74, 6) is 0.761. The Hall–Kier alpha value is -0.570. The summed E-state index contributed by atoms with van der Waals surface area (Å²) >= 11 is 0. The van der Waals surface area contributed by atoms with Crippen molar-refractivity contribution in [1.29, 1.82) is 0 Å². The molecule has 0 aliphatic heterocycles. The largest absolute Gasteiger partial charge is 0.481 e. The lowest BCUT2D eigenvalue weighted by Gasteiger charge is -2.39. The van der Waals surface area contributed by atoms with Crippen LogP contribution >= 0.6 is 0 Å². The van der Waals surface area contributed by atoms with Crippen LogP contribution in [-0.2, 0) is 9.53 Å². The van der Waals surface area contributed by atoms with Crippen LogP contribution in [0.5, 0.6) is 0 Å². The highest BCUT2D eigenvalue weighted by Crippen LogP contribution is 2.59. The van der Waals surface area contributed by atoms with E-state index < -0.39 is 11.4 Å². The van der Waals surface area contributed by atoms with Gasteiger partial charge in [0.1, 0.15) is 0 Å². The maximum atomic E-state index is 11.7. The van der Waals surface area contributed by atoms with E-state index in [-0.39, 0.29) is 5.92 Å². The smallest absolute Gasteiger partial charge is 0.310 e. The highest BCUT2D eigenvalue weighted by atomic mass is 16.5. The van der Waals surface area contributed by atoms with Crippen LogP contribution in [0.3, 0.4) is 0 Å². The van der Waals surface area contributed by atoms with Gasteiger partial charge in [0.15, 0.2) is 0 Å². The zero-order valence-electron chi connectivity index (χ0n) is 10.2. The van der Waals surface area contributed by atoms with E-state index in [0.29, 0.717) is 18.4 Å². The molecule has 2 aliphatic carbocycles. The summed E-state index contributed by atoms with van der Waals surface area (Å²) < 4.78 is 5.08. The van der Waals surface area contributed by atoms with Gasteiger partial charge in [0, 0.05) is 13.7 Å². The molecule has 0 heterocycles. The van der Waals surface area contributed by atoms with Gasteiger partial charge in [-0.15, -0.1) is 0 Å². The van der Waals surface area contributed by atoms with Crippen LogP contribution in [0.1, 0.15) is 39.0 Å². The second kappa shape index (κ2) is 4.36. The molecule has 2 rings (SSSR count). The second-order valence-corrected chi connectivity index (χ2v) is 5.61. The van der Waals surface area contributed by atoms with E-state index in [4.69, 9.17) is 4.74 Å². The number of ether oxygens (including phenoxy) is 1. The van der Waals surface area contributed by atoms with Crippen LogP contribution in [0.15, 0.2) is 0 Å². The summed E-state index contributed by atoms with van der Waals surface area (Å²) in [5, 5.41) is 9.61. The SMILES string of the molecule is COCCC(C)C1(C(=O)O)CC2CCC1C2. The van der Waals surface area contributed by atoms with Crippen molar-refractivity contribution in [2.24, 2.45) is 23.2 Å². The third-order valence-electron chi connectivity index (χ3n) is 4.93. The number of hydrogen-bond donors (Lipinski definition) is 1. The minimum Gasteiger partial charge on any atom is -0.481 e. The van der Waals surface area contributed by atoms with Crippen LogP contribution in [0.4, 0.5) is 0 Å². The number of rotatable bonds is 5. The molecule has 92 valence electrons. The van der Waals surface area contributed by atoms with E-state index >= 15 is 0 Å². The molecular formula is C13H22O3. The Balaban J connectivity index is 2.13. The van der Waals surface area contributed by atoms with Crippen molar-refractivity contribution in [3.8, 4) is 0 Å². The fourth-order valence-electron chi connectivity index (χ4n) is 4.00. The summed E-state index contributed by atoms with van der Waals surface area (Å²) in [6.45, 7) is 2.77. The zero-order chi connectivity index (χ0) is 11.8. The Morgan fingerprint density at radius 3 is 2.75 bits per heavy atom. The summed E-state index contributed by atoms with van der Waals surface area (Å²) in [7, 11) is 1.68. The van der Waals surface area contributed by atoms with Gasteiger partial charge in [-0.3, -0.25) is 4.79 Å². The van der Waals surface area contributed by atoms with Crippen molar-refractivity contribution in [2.75, 3.05) is 13.7 Å². The summed E-state index contributed by atoms with van der Waals surface area (Å²) in [6.07, 6.45) is 5.28. The number of aliphatic carboxylic acids is 1. The van der Waals surface area contributed by atoms with E-state index in [1.165, 1.54) is 6.42 Å². The highest BCUT2D eigenvalue weighted by molar-refractivity contribution is 5.76. The molecule has 16 heavy (non-hydrogen) atoms. The van der Waals surface area contributed by atoms with Crippen molar-refractivity contribution >= 4 is 5.97 Å². The van der Waals surface area contributed by atoms with E-state index in [0.717, 1.165) is 25.7 Å². The first-order valence-corrected chi connectivity index (χ1v) is 6.33. The van der Waals surface area contributed by atoms with Crippen molar-refractivity contribution in [2.45, 2.75) is 39.0 Å². The number of methoxy groups -OCH3 is 1. The molecule has 2 saturated carbocycles. The fourth-order valence-corrected chi connectivity index (χ4v) is 4.00. The van der Waals surface area contributed by atoms with Crippen LogP contribution in [0.25, 0.3) is 0 Å². The molecule has 4 unspecified atom stereocenters. The predicted octanol–water partition coefficient (Wildman–Crippen LogP) is 2.55. The lowest BCUT2D eigenvalue weighted by molar-refractivity contribution is -0.157. The standard InChI is InChI=1S/C13H22O3/c1-9(5-6-16-2)13(12(14)15)8-10-3-4-11(13)7-10/h9-11H,3-8H2,1-2H3,(H,14,15). The molecule has 2 bridgehead atoms. The lowest BCUT2D eigenvalue weighted by Crippen LogP contribution is -2.42. The van der Waals surface area contributed by atoms with Crippen LogP contribution in [0.2, 0.25) is 0 Å². The number of hydrogen-bond acceptors (Lipinski definition) is 2. The molecule has 0 saturated heterocycles. The molecule has 1 N–H and O–H groups in total. The van der Waals surface area contributed by atoms with Gasteiger partial charge in [0.25, 0.3) is 0 Å². The molecule has 0 aromatic rings. The third kappa shape index (κ3) is 1.65. The summed E-state index contributed by atoms with van der Waals surface area (Å²) in [6, 6.07) is 0. The van der Waals surface area contributed by atoms with E-state index in [1.54, 1.807) is 7.11 Å². The maximum Gasteiger partial charge on any atom is 0.310 e. The maximum absolute atomic E-state index is 11.7. The van der Waals surface area contributed by atoms with E-state index in [2.05, 4.69) is 6.92 Å². The van der Waals surface area contributed by atoms with Crippen molar-refractivity contribution in [3.63, 3.8) is 0 Å². The Morgan fingerprint density at radius 2 is 2.31 bits per heavy atom. The molecule has 2 fully saturated rings. The van der Waals surface area contributed by atoms with Gasteiger partial charge in [-0.05, 0) is 43.4 Å². The quantitative estimate of drug-likeness (QED) is 0.783. The van der Waals surface area contributed by atoms with Crippen molar-refractivity contribution in [1.82, 2.24) is 0 Å². The Labute approximate surface area is 97.2 Å².